The van der Waals surface area contributed by atoms with Crippen LogP contribution in [-0.2, 0) is 11.3 Å². The predicted molar refractivity (Wildman–Crippen MR) is 150 cm³/mol. The largest absolute Gasteiger partial charge is 0.493 e. The van der Waals surface area contributed by atoms with E-state index in [2.05, 4.69) is 36.8 Å². The fraction of sp³-hybridized carbons (Fsp3) is 0.185. The summed E-state index contributed by atoms with van der Waals surface area (Å²) in [5.74, 6) is 1.19. The van der Waals surface area contributed by atoms with Gasteiger partial charge in [-0.15, -0.1) is 10.2 Å². The van der Waals surface area contributed by atoms with E-state index in [0.717, 1.165) is 21.4 Å². The van der Waals surface area contributed by atoms with Crippen molar-refractivity contribution in [3.63, 3.8) is 0 Å². The molecule has 11 heteroatoms. The third-order valence-corrected chi connectivity index (χ3v) is 6.93. The first kappa shape index (κ1) is 27.2. The number of rotatable bonds is 10. The van der Waals surface area contributed by atoms with E-state index in [1.54, 1.807) is 18.2 Å². The number of benzene rings is 3. The fourth-order valence-corrected chi connectivity index (χ4v) is 4.68. The zero-order chi connectivity index (χ0) is 27.1. The van der Waals surface area contributed by atoms with Crippen LogP contribution in [0.4, 0.5) is 5.69 Å². The van der Waals surface area contributed by atoms with Crippen LogP contribution in [0.15, 0.2) is 76.4 Å². The molecule has 0 unspecified atom stereocenters. The molecule has 0 saturated carbocycles. The topological polar surface area (TPSA) is 107 Å². The summed E-state index contributed by atoms with van der Waals surface area (Å²) < 4.78 is 13.3. The van der Waals surface area contributed by atoms with Crippen molar-refractivity contribution in [1.82, 2.24) is 20.1 Å². The highest BCUT2D eigenvalue weighted by atomic mass is 79.9. The van der Waals surface area contributed by atoms with E-state index in [1.165, 1.54) is 26.0 Å². The molecule has 0 spiro atoms. The van der Waals surface area contributed by atoms with E-state index in [0.29, 0.717) is 28.0 Å². The summed E-state index contributed by atoms with van der Waals surface area (Å²) in [6, 6.07) is 20.2. The van der Waals surface area contributed by atoms with E-state index < -0.39 is 0 Å². The monoisotopic (exact) mass is 595 g/mol. The molecule has 1 aromatic heterocycles. The van der Waals surface area contributed by atoms with Crippen molar-refractivity contribution < 1.29 is 19.1 Å². The normalized spacial score (nSPS) is 10.6. The van der Waals surface area contributed by atoms with Crippen LogP contribution in [-0.4, -0.2) is 46.6 Å². The van der Waals surface area contributed by atoms with Gasteiger partial charge in [0.1, 0.15) is 0 Å². The molecular weight excluding hydrogens is 570 g/mol. The van der Waals surface area contributed by atoms with Gasteiger partial charge in [-0.1, -0.05) is 39.8 Å². The molecule has 0 aliphatic rings. The zero-order valence-corrected chi connectivity index (χ0v) is 23.4. The highest BCUT2D eigenvalue weighted by Gasteiger charge is 2.18. The molecule has 2 N–H and O–H groups in total. The molecule has 0 fully saturated rings. The number of aromatic nitrogens is 3. The Balaban J connectivity index is 1.50. The zero-order valence-electron chi connectivity index (χ0n) is 21.0. The second-order valence-corrected chi connectivity index (χ2v) is 10.0. The van der Waals surface area contributed by atoms with Crippen molar-refractivity contribution in [1.29, 1.82) is 0 Å². The smallest absolute Gasteiger partial charge is 0.251 e. The van der Waals surface area contributed by atoms with Gasteiger partial charge in [-0.2, -0.15) is 0 Å². The SMILES string of the molecule is COc1ccc(C(=O)NCc2nnc(SCC(=O)Nc3cccc(C)c3)n2-c2ccc(Br)cc2)cc1OC. The van der Waals surface area contributed by atoms with Gasteiger partial charge in [0.15, 0.2) is 22.5 Å². The molecule has 1 heterocycles. The number of halogens is 1. The van der Waals surface area contributed by atoms with Gasteiger partial charge in [-0.25, -0.2) is 0 Å². The Morgan fingerprint density at radius 2 is 1.74 bits per heavy atom. The van der Waals surface area contributed by atoms with Crippen LogP contribution >= 0.6 is 27.7 Å². The average molecular weight is 597 g/mol. The summed E-state index contributed by atoms with van der Waals surface area (Å²) in [7, 11) is 3.05. The van der Waals surface area contributed by atoms with E-state index in [-0.39, 0.29) is 24.1 Å². The molecular formula is C27H26BrN5O4S. The summed E-state index contributed by atoms with van der Waals surface area (Å²) in [5, 5.41) is 14.9. The van der Waals surface area contributed by atoms with E-state index in [1.807, 2.05) is 60.0 Å². The Kier molecular flexibility index (Phi) is 9.03. The fourth-order valence-electron chi connectivity index (χ4n) is 3.65. The van der Waals surface area contributed by atoms with Crippen LogP contribution in [0.1, 0.15) is 21.7 Å². The maximum absolute atomic E-state index is 12.9. The Morgan fingerprint density at radius 1 is 0.974 bits per heavy atom. The molecule has 0 atom stereocenters. The number of anilines is 1. The number of thioether (sulfide) groups is 1. The predicted octanol–water partition coefficient (Wildman–Crippen LogP) is 5.02. The maximum Gasteiger partial charge on any atom is 0.251 e. The second-order valence-electron chi connectivity index (χ2n) is 8.17. The summed E-state index contributed by atoms with van der Waals surface area (Å²) in [6.07, 6.45) is 0. The molecule has 0 bridgehead atoms. The number of carbonyl (C=O) groups excluding carboxylic acids is 2. The molecule has 0 radical (unpaired) electrons. The van der Waals surface area contributed by atoms with Crippen molar-refractivity contribution in [3.05, 3.63) is 88.2 Å². The Morgan fingerprint density at radius 3 is 2.45 bits per heavy atom. The first-order chi connectivity index (χ1) is 18.4. The Hall–Kier alpha value is -3.83. The van der Waals surface area contributed by atoms with Crippen LogP contribution in [0.25, 0.3) is 5.69 Å². The first-order valence-corrected chi connectivity index (χ1v) is 13.4. The number of ether oxygens (including phenoxy) is 2. The minimum atomic E-state index is -0.303. The first-order valence-electron chi connectivity index (χ1n) is 11.6. The van der Waals surface area contributed by atoms with Crippen LogP contribution in [0.2, 0.25) is 0 Å². The number of amides is 2. The van der Waals surface area contributed by atoms with Crippen LogP contribution in [0, 0.1) is 6.92 Å². The Bertz CT molecular complexity index is 1440. The van der Waals surface area contributed by atoms with Crippen LogP contribution in [0.3, 0.4) is 0 Å². The number of hydrogen-bond acceptors (Lipinski definition) is 7. The van der Waals surface area contributed by atoms with Gasteiger partial charge in [0.25, 0.3) is 5.91 Å². The van der Waals surface area contributed by atoms with Gasteiger partial charge in [0.2, 0.25) is 5.91 Å². The number of nitrogens with one attached hydrogen (secondary N) is 2. The van der Waals surface area contributed by atoms with Crippen LogP contribution in [0.5, 0.6) is 11.5 Å². The van der Waals surface area contributed by atoms with Crippen molar-refractivity contribution in [3.8, 4) is 17.2 Å². The molecule has 3 aromatic carbocycles. The van der Waals surface area contributed by atoms with Crippen molar-refractivity contribution in [2.75, 3.05) is 25.3 Å². The lowest BCUT2D eigenvalue weighted by Crippen LogP contribution is -2.24. The lowest BCUT2D eigenvalue weighted by atomic mass is 10.2. The molecule has 38 heavy (non-hydrogen) atoms. The van der Waals surface area contributed by atoms with Gasteiger partial charge < -0.3 is 20.1 Å². The maximum atomic E-state index is 12.9. The minimum Gasteiger partial charge on any atom is -0.493 e. The summed E-state index contributed by atoms with van der Waals surface area (Å²) in [6.45, 7) is 2.09. The van der Waals surface area contributed by atoms with Gasteiger partial charge >= 0.3 is 0 Å². The molecule has 2 amide bonds. The number of hydrogen-bond donors (Lipinski definition) is 2. The summed E-state index contributed by atoms with van der Waals surface area (Å²) in [5.41, 5.74) is 3.02. The van der Waals surface area contributed by atoms with Gasteiger partial charge in [-0.3, -0.25) is 14.2 Å². The third-order valence-electron chi connectivity index (χ3n) is 5.47. The molecule has 0 aliphatic heterocycles. The number of aryl methyl sites for hydroxylation is 1. The van der Waals surface area contributed by atoms with E-state index in [9.17, 15) is 9.59 Å². The van der Waals surface area contributed by atoms with Crippen molar-refractivity contribution in [2.45, 2.75) is 18.6 Å². The molecule has 4 aromatic rings. The molecule has 9 nitrogen and oxygen atoms in total. The molecule has 0 saturated heterocycles. The summed E-state index contributed by atoms with van der Waals surface area (Å²) >= 11 is 4.72. The summed E-state index contributed by atoms with van der Waals surface area (Å²) in [4.78, 5) is 25.5. The number of carbonyl (C=O) groups is 2. The Labute approximate surface area is 233 Å². The molecule has 196 valence electrons. The number of methoxy groups -OCH3 is 2. The van der Waals surface area contributed by atoms with Gasteiger partial charge in [-0.05, 0) is 67.1 Å². The average Bonchev–Trinajstić information content (AvgIpc) is 3.33. The van der Waals surface area contributed by atoms with Crippen molar-refractivity contribution >= 4 is 45.2 Å². The lowest BCUT2D eigenvalue weighted by Gasteiger charge is -2.12. The second kappa shape index (κ2) is 12.6. The van der Waals surface area contributed by atoms with Crippen LogP contribution < -0.4 is 20.1 Å². The lowest BCUT2D eigenvalue weighted by molar-refractivity contribution is -0.113. The minimum absolute atomic E-state index is 0.117. The highest BCUT2D eigenvalue weighted by molar-refractivity contribution is 9.10. The molecule has 4 rings (SSSR count). The number of nitrogens with zero attached hydrogens (tertiary/aromatic N) is 3. The molecule has 0 aliphatic carbocycles. The van der Waals surface area contributed by atoms with Gasteiger partial charge in [0.05, 0.1) is 26.5 Å². The standard InChI is InChI=1S/C27H26BrN5O4S/c1-17-5-4-6-20(13-17)30-25(34)16-38-27-32-31-24(33(27)21-10-8-19(28)9-11-21)15-29-26(35)18-7-12-22(36-2)23(14-18)37-3/h4-14H,15-16H2,1-3H3,(H,29,35)(H,30,34). The van der Waals surface area contributed by atoms with E-state index in [4.69, 9.17) is 9.47 Å². The third kappa shape index (κ3) is 6.73. The van der Waals surface area contributed by atoms with Crippen molar-refractivity contribution in [2.24, 2.45) is 0 Å². The van der Waals surface area contributed by atoms with Gasteiger partial charge in [0, 0.05) is 21.4 Å². The highest BCUT2D eigenvalue weighted by Crippen LogP contribution is 2.28. The quantitative estimate of drug-likeness (QED) is 0.248. The van der Waals surface area contributed by atoms with E-state index >= 15 is 0 Å².